The molecule has 1 aromatic heterocycles. The maximum absolute atomic E-state index is 13.5. The zero-order valence-corrected chi connectivity index (χ0v) is 27.5. The van der Waals surface area contributed by atoms with E-state index in [1.165, 1.54) is 50.7 Å². The van der Waals surface area contributed by atoms with E-state index in [2.05, 4.69) is 15.6 Å². The third-order valence-corrected chi connectivity index (χ3v) is 10.2. The number of aliphatic hydroxyl groups is 5. The highest BCUT2D eigenvalue weighted by molar-refractivity contribution is 6.04. The number of nitrogens with one attached hydrogen (secondary N) is 3. The highest BCUT2D eigenvalue weighted by Crippen LogP contribution is 2.61. The molecule has 4 saturated carbocycles. The number of hydrogen-bond donors (Lipinski definition) is 9. The number of carbonyl (C=O) groups is 2. The van der Waals surface area contributed by atoms with E-state index in [-0.39, 0.29) is 23.4 Å². The summed E-state index contributed by atoms with van der Waals surface area (Å²) < 4.78 is 0. The Morgan fingerprint density at radius 1 is 0.938 bits per heavy atom. The van der Waals surface area contributed by atoms with Crippen LogP contribution in [0.5, 0.6) is 0 Å². The van der Waals surface area contributed by atoms with Gasteiger partial charge >= 0.3 is 5.97 Å². The Bertz CT molecular complexity index is 1540. The number of H-pyrrole nitrogens is 1. The summed E-state index contributed by atoms with van der Waals surface area (Å²) in [4.78, 5) is 33.2. The van der Waals surface area contributed by atoms with Gasteiger partial charge in [-0.2, -0.15) is 0 Å². The number of amides is 1. The average Bonchev–Trinajstić information content (AvgIpc) is 3.46. The largest absolute Gasteiger partial charge is 0.478 e. The SMILES string of the molecule is CNC[C@H](O)[C@@H](O)[C@H](O)[C@H](O)CO.Cc1ccccc1-c1nc(C(=O)Nc2cccc(C(=O)O)c2)c(CC23CC4CC(CC(C4)C2)C3)[nH]1. The fourth-order valence-corrected chi connectivity index (χ4v) is 8.39. The molecule has 0 spiro atoms. The number of carboxylic acid groups (broad SMARTS) is 1. The molecule has 4 aliphatic carbocycles. The molecule has 12 heteroatoms. The summed E-state index contributed by atoms with van der Waals surface area (Å²) >= 11 is 0. The summed E-state index contributed by atoms with van der Waals surface area (Å²) in [5, 5.41) is 59.7. The molecule has 4 fully saturated rings. The highest BCUT2D eigenvalue weighted by atomic mass is 16.4. The Balaban J connectivity index is 0.000000296. The molecule has 0 radical (unpaired) electrons. The molecule has 0 aliphatic heterocycles. The molecule has 4 atom stereocenters. The number of carbonyl (C=O) groups excluding carboxylic acids is 1. The van der Waals surface area contributed by atoms with Gasteiger partial charge in [0.25, 0.3) is 5.91 Å². The minimum absolute atomic E-state index is 0.0936. The summed E-state index contributed by atoms with van der Waals surface area (Å²) in [6, 6.07) is 14.4. The zero-order valence-electron chi connectivity index (χ0n) is 27.5. The van der Waals surface area contributed by atoms with Crippen molar-refractivity contribution in [3.63, 3.8) is 0 Å². The van der Waals surface area contributed by atoms with Crippen LogP contribution in [0.25, 0.3) is 11.4 Å². The van der Waals surface area contributed by atoms with Crippen LogP contribution in [0.2, 0.25) is 0 Å². The lowest BCUT2D eigenvalue weighted by molar-refractivity contribution is -0.113. The van der Waals surface area contributed by atoms with Gasteiger partial charge in [0.1, 0.15) is 29.8 Å². The maximum Gasteiger partial charge on any atom is 0.335 e. The predicted molar refractivity (Wildman–Crippen MR) is 179 cm³/mol. The van der Waals surface area contributed by atoms with Crippen LogP contribution in [0.15, 0.2) is 48.5 Å². The van der Waals surface area contributed by atoms with Gasteiger partial charge in [-0.05, 0) is 106 Å². The van der Waals surface area contributed by atoms with Crippen LogP contribution >= 0.6 is 0 Å². The van der Waals surface area contributed by atoms with Gasteiger partial charge in [-0.25, -0.2) is 9.78 Å². The number of aryl methyl sites for hydroxylation is 1. The third kappa shape index (κ3) is 8.13. The smallest absolute Gasteiger partial charge is 0.335 e. The first kappa shape index (κ1) is 35.7. The molecule has 1 amide bonds. The number of aliphatic hydroxyl groups excluding tert-OH is 5. The van der Waals surface area contributed by atoms with Crippen molar-refractivity contribution in [3.8, 4) is 11.4 Å². The van der Waals surface area contributed by atoms with Crippen molar-refractivity contribution in [3.05, 3.63) is 71.0 Å². The summed E-state index contributed by atoms with van der Waals surface area (Å²) in [6.45, 7) is 1.48. The fraction of sp³-hybridized carbons (Fsp3) is 0.528. The quantitative estimate of drug-likeness (QED) is 0.138. The van der Waals surface area contributed by atoms with E-state index in [4.69, 9.17) is 25.4 Å². The van der Waals surface area contributed by atoms with E-state index in [0.717, 1.165) is 41.0 Å². The number of imidazole rings is 1. The average molecular weight is 665 g/mol. The second-order valence-corrected chi connectivity index (χ2v) is 14.0. The van der Waals surface area contributed by atoms with Crippen LogP contribution in [0, 0.1) is 30.1 Å². The molecule has 3 aromatic rings. The topological polar surface area (TPSA) is 208 Å². The molecule has 48 heavy (non-hydrogen) atoms. The van der Waals surface area contributed by atoms with E-state index in [0.29, 0.717) is 17.2 Å². The van der Waals surface area contributed by atoms with Crippen molar-refractivity contribution < 1.29 is 40.2 Å². The Morgan fingerprint density at radius 2 is 1.56 bits per heavy atom. The van der Waals surface area contributed by atoms with Crippen LogP contribution in [0.4, 0.5) is 5.69 Å². The van der Waals surface area contributed by atoms with Gasteiger partial charge < -0.3 is 46.3 Å². The van der Waals surface area contributed by atoms with Crippen LogP contribution in [0.3, 0.4) is 0 Å². The van der Waals surface area contributed by atoms with E-state index < -0.39 is 37.0 Å². The van der Waals surface area contributed by atoms with Gasteiger partial charge in [0, 0.05) is 23.5 Å². The van der Waals surface area contributed by atoms with E-state index >= 15 is 0 Å². The second-order valence-electron chi connectivity index (χ2n) is 14.0. The van der Waals surface area contributed by atoms with Crippen molar-refractivity contribution in [1.29, 1.82) is 0 Å². The van der Waals surface area contributed by atoms with E-state index in [1.54, 1.807) is 19.2 Å². The van der Waals surface area contributed by atoms with Gasteiger partial charge in [-0.3, -0.25) is 4.79 Å². The number of nitrogens with zero attached hydrogens (tertiary/aromatic N) is 1. The number of rotatable bonds is 12. The van der Waals surface area contributed by atoms with Crippen LogP contribution in [-0.4, -0.2) is 97.1 Å². The summed E-state index contributed by atoms with van der Waals surface area (Å²) in [7, 11) is 1.57. The second kappa shape index (κ2) is 15.3. The van der Waals surface area contributed by atoms with Crippen molar-refractivity contribution in [2.24, 2.45) is 23.2 Å². The van der Waals surface area contributed by atoms with Crippen LogP contribution in [0.1, 0.15) is 70.6 Å². The first-order chi connectivity index (χ1) is 22.9. The Hall–Kier alpha value is -3.65. The highest BCUT2D eigenvalue weighted by Gasteiger charge is 2.51. The van der Waals surface area contributed by atoms with Gasteiger partial charge in [-0.1, -0.05) is 30.3 Å². The number of aromatic carboxylic acids is 1. The molecule has 4 bridgehead atoms. The lowest BCUT2D eigenvalue weighted by atomic mass is 9.48. The number of aromatic amines is 1. The Kier molecular flexibility index (Phi) is 11.3. The normalized spacial score (nSPS) is 25.0. The summed E-state index contributed by atoms with van der Waals surface area (Å²) in [5.74, 6) is 1.88. The molecule has 0 unspecified atom stereocenters. The maximum atomic E-state index is 13.5. The molecule has 0 saturated heterocycles. The number of likely N-dealkylation sites (N-methyl/N-ethyl adjacent to an activating group) is 1. The van der Waals surface area contributed by atoms with E-state index in [9.17, 15) is 19.8 Å². The predicted octanol–water partition coefficient (Wildman–Crippen LogP) is 2.74. The molecule has 2 aromatic carbocycles. The molecule has 1 heterocycles. The van der Waals surface area contributed by atoms with Crippen molar-refractivity contribution in [2.45, 2.75) is 76.3 Å². The number of carboxylic acids is 1. The van der Waals surface area contributed by atoms with E-state index in [1.807, 2.05) is 31.2 Å². The van der Waals surface area contributed by atoms with Gasteiger partial charge in [0.05, 0.1) is 18.3 Å². The lowest BCUT2D eigenvalue weighted by Crippen LogP contribution is -2.48. The van der Waals surface area contributed by atoms with Crippen molar-refractivity contribution in [2.75, 3.05) is 25.5 Å². The number of benzene rings is 2. The summed E-state index contributed by atoms with van der Waals surface area (Å²) in [6.07, 6.45) is 3.08. The molecule has 7 rings (SSSR count). The first-order valence-electron chi connectivity index (χ1n) is 16.7. The fourth-order valence-electron chi connectivity index (χ4n) is 8.39. The molecule has 9 N–H and O–H groups in total. The van der Waals surface area contributed by atoms with Gasteiger partial charge in [-0.15, -0.1) is 0 Å². The number of anilines is 1. The van der Waals surface area contributed by atoms with Gasteiger partial charge in [0.2, 0.25) is 0 Å². The van der Waals surface area contributed by atoms with Gasteiger partial charge in [0.15, 0.2) is 0 Å². The standard InChI is InChI=1S/C29H31N3O3.C7H17NO5/c1-17-5-2-3-8-23(17)26-31-24(16-29-13-18-9-19(14-29)11-20(10-18)15-29)25(32-26)27(33)30-22-7-4-6-21(12-22)28(34)35;1-8-2-4(10)6(12)7(13)5(11)3-9/h2-8,12,18-20H,9-11,13-16H2,1H3,(H,30,33)(H,31,32)(H,34,35);4-13H,2-3H2,1H3/t;4-,5+,6+,7+/m.0/s1. The minimum atomic E-state index is -1.55. The zero-order chi connectivity index (χ0) is 34.6. The van der Waals surface area contributed by atoms with Crippen LogP contribution in [-0.2, 0) is 6.42 Å². The minimum Gasteiger partial charge on any atom is -0.478 e. The molecular weight excluding hydrogens is 616 g/mol. The third-order valence-electron chi connectivity index (χ3n) is 10.2. The Labute approximate surface area is 280 Å². The lowest BCUT2D eigenvalue weighted by Gasteiger charge is -2.57. The monoisotopic (exact) mass is 664 g/mol. The molecular formula is C36H48N4O8. The number of hydrogen-bond acceptors (Lipinski definition) is 9. The van der Waals surface area contributed by atoms with Crippen molar-refractivity contribution >= 4 is 17.6 Å². The number of aromatic nitrogens is 2. The molecule has 260 valence electrons. The molecule has 4 aliphatic rings. The van der Waals surface area contributed by atoms with Crippen LogP contribution < -0.4 is 10.6 Å². The Morgan fingerprint density at radius 3 is 2.15 bits per heavy atom. The van der Waals surface area contributed by atoms with Crippen molar-refractivity contribution in [1.82, 2.24) is 15.3 Å². The first-order valence-corrected chi connectivity index (χ1v) is 16.7. The molecule has 12 nitrogen and oxygen atoms in total. The summed E-state index contributed by atoms with van der Waals surface area (Å²) in [5.41, 5.74) is 4.25.